The van der Waals surface area contributed by atoms with Gasteiger partial charge in [0.25, 0.3) is 5.56 Å². The van der Waals surface area contributed by atoms with E-state index in [0.717, 1.165) is 35.4 Å². The van der Waals surface area contributed by atoms with E-state index in [9.17, 15) is 4.79 Å². The fraction of sp³-hybridized carbons (Fsp3) is 0.529. The fourth-order valence-electron chi connectivity index (χ4n) is 3.78. The van der Waals surface area contributed by atoms with Crippen LogP contribution in [0.3, 0.4) is 0 Å². The maximum absolute atomic E-state index is 12.3. The van der Waals surface area contributed by atoms with E-state index in [-0.39, 0.29) is 5.56 Å². The minimum atomic E-state index is 0.0330. The highest BCUT2D eigenvalue weighted by Crippen LogP contribution is 2.12. The molecule has 0 unspecified atom stereocenters. The highest BCUT2D eigenvalue weighted by atomic mass is 16.1. The molecule has 3 heterocycles. The first-order valence-corrected chi connectivity index (χ1v) is 7.85. The first-order chi connectivity index (χ1) is 10.0. The molecule has 4 nitrogen and oxygen atoms in total. The number of rotatable bonds is 2. The SMILES string of the molecule is Cc1cccc2nc(C[NH+]3C[C@@H](C)C[C@H](C)C3)cc(=O)n12. The van der Waals surface area contributed by atoms with Crippen LogP contribution in [-0.2, 0) is 6.54 Å². The van der Waals surface area contributed by atoms with Crippen molar-refractivity contribution in [2.75, 3.05) is 13.1 Å². The second-order valence-electron chi connectivity index (χ2n) is 6.73. The van der Waals surface area contributed by atoms with Crippen molar-refractivity contribution in [3.63, 3.8) is 0 Å². The quantitative estimate of drug-likeness (QED) is 0.897. The lowest BCUT2D eigenvalue weighted by Gasteiger charge is -2.31. The Morgan fingerprint density at radius 3 is 2.71 bits per heavy atom. The number of aromatic nitrogens is 2. The lowest BCUT2D eigenvalue weighted by atomic mass is 9.92. The monoisotopic (exact) mass is 286 g/mol. The Kier molecular flexibility index (Phi) is 3.81. The van der Waals surface area contributed by atoms with Crippen LogP contribution in [0.2, 0.25) is 0 Å². The van der Waals surface area contributed by atoms with Gasteiger partial charge >= 0.3 is 0 Å². The molecule has 1 fully saturated rings. The third-order valence-corrected chi connectivity index (χ3v) is 4.44. The zero-order valence-corrected chi connectivity index (χ0v) is 13.1. The van der Waals surface area contributed by atoms with Crippen LogP contribution in [0, 0.1) is 18.8 Å². The molecule has 2 atom stereocenters. The molecule has 0 bridgehead atoms. The van der Waals surface area contributed by atoms with Crippen LogP contribution in [0.5, 0.6) is 0 Å². The highest BCUT2D eigenvalue weighted by molar-refractivity contribution is 5.40. The maximum Gasteiger partial charge on any atom is 0.258 e. The van der Waals surface area contributed by atoms with Crippen molar-refractivity contribution in [1.29, 1.82) is 0 Å². The van der Waals surface area contributed by atoms with Crippen molar-refractivity contribution >= 4 is 5.65 Å². The number of pyridine rings is 1. The average Bonchev–Trinajstić information content (AvgIpc) is 2.36. The largest absolute Gasteiger partial charge is 0.329 e. The molecule has 3 rings (SSSR count). The van der Waals surface area contributed by atoms with E-state index in [0.29, 0.717) is 0 Å². The van der Waals surface area contributed by atoms with Gasteiger partial charge in [-0.3, -0.25) is 9.20 Å². The van der Waals surface area contributed by atoms with E-state index >= 15 is 0 Å². The summed E-state index contributed by atoms with van der Waals surface area (Å²) in [5.41, 5.74) is 2.65. The summed E-state index contributed by atoms with van der Waals surface area (Å²) in [4.78, 5) is 18.5. The number of fused-ring (bicyclic) bond motifs is 1. The van der Waals surface area contributed by atoms with Crippen LogP contribution in [0.4, 0.5) is 0 Å². The summed E-state index contributed by atoms with van der Waals surface area (Å²) in [6.45, 7) is 9.80. The second-order valence-corrected chi connectivity index (χ2v) is 6.73. The van der Waals surface area contributed by atoms with E-state index in [4.69, 9.17) is 0 Å². The van der Waals surface area contributed by atoms with E-state index < -0.39 is 0 Å². The van der Waals surface area contributed by atoms with E-state index in [1.165, 1.54) is 19.5 Å². The van der Waals surface area contributed by atoms with Gasteiger partial charge in [0.15, 0.2) is 0 Å². The predicted octanol–water partition coefficient (Wildman–Crippen LogP) is 1.06. The van der Waals surface area contributed by atoms with Gasteiger partial charge in [-0.15, -0.1) is 0 Å². The van der Waals surface area contributed by atoms with Crippen LogP contribution in [-0.4, -0.2) is 22.5 Å². The number of quaternary nitrogens is 1. The van der Waals surface area contributed by atoms with E-state index in [1.807, 2.05) is 25.1 Å². The molecule has 0 spiro atoms. The Bertz CT molecular complexity index is 697. The van der Waals surface area contributed by atoms with Gasteiger partial charge in [0.1, 0.15) is 17.9 Å². The van der Waals surface area contributed by atoms with E-state index in [1.54, 1.807) is 15.4 Å². The zero-order valence-electron chi connectivity index (χ0n) is 13.1. The maximum atomic E-state index is 12.3. The molecular formula is C17H24N3O+. The summed E-state index contributed by atoms with van der Waals surface area (Å²) in [7, 11) is 0. The average molecular weight is 286 g/mol. The number of aryl methyl sites for hydroxylation is 1. The van der Waals surface area contributed by atoms with Crippen molar-refractivity contribution < 1.29 is 4.90 Å². The minimum absolute atomic E-state index is 0.0330. The molecule has 0 saturated carbocycles. The van der Waals surface area contributed by atoms with Crippen LogP contribution in [0.1, 0.15) is 31.7 Å². The highest BCUT2D eigenvalue weighted by Gasteiger charge is 2.25. The zero-order chi connectivity index (χ0) is 15.0. The number of nitrogens with zero attached hydrogens (tertiary/aromatic N) is 2. The van der Waals surface area contributed by atoms with Crippen LogP contribution >= 0.6 is 0 Å². The fourth-order valence-corrected chi connectivity index (χ4v) is 3.78. The van der Waals surface area contributed by atoms with Gasteiger partial charge in [-0.05, 0) is 25.5 Å². The summed E-state index contributed by atoms with van der Waals surface area (Å²) >= 11 is 0. The van der Waals surface area contributed by atoms with Crippen molar-refractivity contribution in [2.24, 2.45) is 11.8 Å². The molecular weight excluding hydrogens is 262 g/mol. The molecule has 1 aliphatic rings. The van der Waals surface area contributed by atoms with Crippen molar-refractivity contribution in [1.82, 2.24) is 9.38 Å². The molecule has 112 valence electrons. The summed E-state index contributed by atoms with van der Waals surface area (Å²) < 4.78 is 1.68. The first-order valence-electron chi connectivity index (χ1n) is 7.85. The Hall–Kier alpha value is -1.68. The number of hydrogen-bond donors (Lipinski definition) is 1. The van der Waals surface area contributed by atoms with Crippen LogP contribution in [0.15, 0.2) is 29.1 Å². The minimum Gasteiger partial charge on any atom is -0.329 e. The number of nitrogens with one attached hydrogen (secondary N) is 1. The standard InChI is InChI=1S/C17H23N3O/c1-12-7-13(2)10-19(9-12)11-15-8-17(21)20-14(3)5-4-6-16(20)18-15/h4-6,8,12-13H,7,9-11H2,1-3H3/p+1/t12-,13-/m0/s1. The van der Waals surface area contributed by atoms with Gasteiger partial charge < -0.3 is 4.90 Å². The Morgan fingerprint density at radius 1 is 1.29 bits per heavy atom. The summed E-state index contributed by atoms with van der Waals surface area (Å²) in [5.74, 6) is 1.51. The molecule has 2 aromatic heterocycles. The topological polar surface area (TPSA) is 38.8 Å². The number of likely N-dealkylation sites (tertiary alicyclic amines) is 1. The molecule has 1 aliphatic heterocycles. The molecule has 0 amide bonds. The summed E-state index contributed by atoms with van der Waals surface area (Å²) in [6, 6.07) is 7.51. The molecule has 21 heavy (non-hydrogen) atoms. The summed E-state index contributed by atoms with van der Waals surface area (Å²) in [5, 5.41) is 0. The normalized spacial score (nSPS) is 26.1. The van der Waals surface area contributed by atoms with Gasteiger partial charge in [0, 0.05) is 23.6 Å². The van der Waals surface area contributed by atoms with Crippen LogP contribution < -0.4 is 10.5 Å². The molecule has 1 saturated heterocycles. The van der Waals surface area contributed by atoms with Gasteiger partial charge in [0.05, 0.1) is 13.1 Å². The Morgan fingerprint density at radius 2 is 2.00 bits per heavy atom. The molecule has 4 heteroatoms. The number of hydrogen-bond acceptors (Lipinski definition) is 2. The smallest absolute Gasteiger partial charge is 0.258 e. The molecule has 0 aliphatic carbocycles. The van der Waals surface area contributed by atoms with Gasteiger partial charge in [-0.1, -0.05) is 19.9 Å². The van der Waals surface area contributed by atoms with Gasteiger partial charge in [-0.2, -0.15) is 0 Å². The van der Waals surface area contributed by atoms with Crippen molar-refractivity contribution in [3.05, 3.63) is 46.0 Å². The first kappa shape index (κ1) is 14.3. The predicted molar refractivity (Wildman–Crippen MR) is 83.5 cm³/mol. The number of piperidine rings is 1. The van der Waals surface area contributed by atoms with Crippen LogP contribution in [0.25, 0.3) is 5.65 Å². The summed E-state index contributed by atoms with van der Waals surface area (Å²) in [6.07, 6.45) is 1.32. The molecule has 1 N–H and O–H groups in total. The Balaban J connectivity index is 1.90. The lowest BCUT2D eigenvalue weighted by Crippen LogP contribution is -3.13. The lowest BCUT2D eigenvalue weighted by molar-refractivity contribution is -0.926. The van der Waals surface area contributed by atoms with E-state index in [2.05, 4.69) is 18.8 Å². The molecule has 0 radical (unpaired) electrons. The Labute approximate surface area is 125 Å². The third-order valence-electron chi connectivity index (χ3n) is 4.44. The molecule has 0 aromatic carbocycles. The third kappa shape index (κ3) is 3.00. The van der Waals surface area contributed by atoms with Crippen molar-refractivity contribution in [2.45, 2.75) is 33.7 Å². The second kappa shape index (κ2) is 5.60. The van der Waals surface area contributed by atoms with Gasteiger partial charge in [0.2, 0.25) is 0 Å². The molecule has 2 aromatic rings. The van der Waals surface area contributed by atoms with Crippen molar-refractivity contribution in [3.8, 4) is 0 Å². The van der Waals surface area contributed by atoms with Gasteiger partial charge in [-0.25, -0.2) is 4.98 Å².